The van der Waals surface area contributed by atoms with Gasteiger partial charge in [0.2, 0.25) is 0 Å². The van der Waals surface area contributed by atoms with E-state index in [2.05, 4.69) is 30.1 Å². The number of nitrogens with zero attached hydrogens (tertiary/aromatic N) is 2. The molecular weight excluding hydrogens is 186 g/mol. The van der Waals surface area contributed by atoms with Gasteiger partial charge in [0.1, 0.15) is 5.54 Å². The van der Waals surface area contributed by atoms with Gasteiger partial charge >= 0.3 is 0 Å². The van der Waals surface area contributed by atoms with Crippen LogP contribution in [0.2, 0.25) is 0 Å². The summed E-state index contributed by atoms with van der Waals surface area (Å²) in [5.74, 6) is 0.616. The Morgan fingerprint density at radius 3 is 2.80 bits per heavy atom. The van der Waals surface area contributed by atoms with E-state index in [0.29, 0.717) is 5.92 Å². The van der Waals surface area contributed by atoms with Gasteiger partial charge in [0, 0.05) is 19.1 Å². The van der Waals surface area contributed by atoms with Crippen molar-refractivity contribution in [1.29, 1.82) is 5.26 Å². The molecule has 1 heterocycles. The minimum atomic E-state index is -0.257. The maximum Gasteiger partial charge on any atom is 0.120 e. The molecule has 0 spiro atoms. The lowest BCUT2D eigenvalue weighted by molar-refractivity contribution is 0.297. The lowest BCUT2D eigenvalue weighted by Gasteiger charge is -2.24. The molecule has 15 heavy (non-hydrogen) atoms. The molecule has 0 bridgehead atoms. The van der Waals surface area contributed by atoms with Gasteiger partial charge in [0.25, 0.3) is 0 Å². The van der Waals surface area contributed by atoms with Gasteiger partial charge in [0.15, 0.2) is 0 Å². The second-order valence-corrected chi connectivity index (χ2v) is 5.42. The zero-order valence-corrected chi connectivity index (χ0v) is 9.79. The molecule has 0 amide bonds. The molecule has 0 aromatic rings. The Morgan fingerprint density at radius 2 is 2.27 bits per heavy atom. The third-order valence-corrected chi connectivity index (χ3v) is 3.42. The second kappa shape index (κ2) is 4.11. The highest BCUT2D eigenvalue weighted by atomic mass is 15.2. The van der Waals surface area contributed by atoms with Gasteiger partial charge < -0.3 is 0 Å². The fourth-order valence-corrected chi connectivity index (χ4v) is 2.27. The van der Waals surface area contributed by atoms with Crippen molar-refractivity contribution in [1.82, 2.24) is 10.2 Å². The first-order valence-electron chi connectivity index (χ1n) is 6.05. The molecule has 1 saturated heterocycles. The van der Waals surface area contributed by atoms with Crippen LogP contribution in [0.1, 0.15) is 33.1 Å². The van der Waals surface area contributed by atoms with Crippen molar-refractivity contribution in [2.24, 2.45) is 5.92 Å². The Hall–Kier alpha value is -0.590. The summed E-state index contributed by atoms with van der Waals surface area (Å²) >= 11 is 0. The van der Waals surface area contributed by atoms with Crippen LogP contribution in [-0.4, -0.2) is 36.1 Å². The molecule has 3 heteroatoms. The minimum Gasteiger partial charge on any atom is -0.298 e. The van der Waals surface area contributed by atoms with E-state index in [4.69, 9.17) is 0 Å². The summed E-state index contributed by atoms with van der Waals surface area (Å²) in [5.41, 5.74) is -0.257. The van der Waals surface area contributed by atoms with Gasteiger partial charge in [-0.3, -0.25) is 10.2 Å². The van der Waals surface area contributed by atoms with Gasteiger partial charge in [-0.05, 0) is 31.7 Å². The smallest absolute Gasteiger partial charge is 0.120 e. The van der Waals surface area contributed by atoms with E-state index < -0.39 is 0 Å². The first-order chi connectivity index (χ1) is 7.15. The highest BCUT2D eigenvalue weighted by Gasteiger charge is 2.43. The quantitative estimate of drug-likeness (QED) is 0.756. The van der Waals surface area contributed by atoms with Crippen molar-refractivity contribution in [3.63, 3.8) is 0 Å². The highest BCUT2D eigenvalue weighted by Crippen LogP contribution is 2.33. The SMILES string of the molecule is CC(C)CNC1(C#N)CCN(C2CC2)C1. The van der Waals surface area contributed by atoms with Crippen LogP contribution in [0.3, 0.4) is 0 Å². The van der Waals surface area contributed by atoms with E-state index in [9.17, 15) is 5.26 Å². The number of nitrogens with one attached hydrogen (secondary N) is 1. The molecule has 0 aromatic heterocycles. The van der Waals surface area contributed by atoms with E-state index >= 15 is 0 Å². The fraction of sp³-hybridized carbons (Fsp3) is 0.917. The number of hydrogen-bond donors (Lipinski definition) is 1. The second-order valence-electron chi connectivity index (χ2n) is 5.42. The van der Waals surface area contributed by atoms with Crippen LogP contribution in [-0.2, 0) is 0 Å². The summed E-state index contributed by atoms with van der Waals surface area (Å²) in [5, 5.41) is 12.8. The molecule has 0 radical (unpaired) electrons. The number of hydrogen-bond acceptors (Lipinski definition) is 3. The summed E-state index contributed by atoms with van der Waals surface area (Å²) in [6, 6.07) is 3.29. The van der Waals surface area contributed by atoms with E-state index in [1.165, 1.54) is 12.8 Å². The Morgan fingerprint density at radius 1 is 1.53 bits per heavy atom. The van der Waals surface area contributed by atoms with E-state index in [-0.39, 0.29) is 5.54 Å². The van der Waals surface area contributed by atoms with Crippen LogP contribution in [0.5, 0.6) is 0 Å². The van der Waals surface area contributed by atoms with Gasteiger partial charge in [-0.1, -0.05) is 13.8 Å². The molecule has 1 saturated carbocycles. The Bertz CT molecular complexity index is 265. The minimum absolute atomic E-state index is 0.257. The maximum atomic E-state index is 9.31. The van der Waals surface area contributed by atoms with Gasteiger partial charge in [-0.2, -0.15) is 5.26 Å². The van der Waals surface area contributed by atoms with Crippen molar-refractivity contribution in [2.45, 2.75) is 44.7 Å². The first kappa shape index (κ1) is 10.9. The molecule has 0 aromatic carbocycles. The molecule has 1 aliphatic carbocycles. The maximum absolute atomic E-state index is 9.31. The molecular formula is C12H21N3. The third-order valence-electron chi connectivity index (χ3n) is 3.42. The predicted molar refractivity (Wildman–Crippen MR) is 60.4 cm³/mol. The summed E-state index contributed by atoms with van der Waals surface area (Å²) in [6.07, 6.45) is 3.67. The molecule has 2 aliphatic rings. The molecule has 1 aliphatic heterocycles. The van der Waals surface area contributed by atoms with Crippen LogP contribution in [0, 0.1) is 17.2 Å². The first-order valence-corrected chi connectivity index (χ1v) is 6.05. The standard InChI is InChI=1S/C12H21N3/c1-10(2)7-14-12(8-13)5-6-15(9-12)11-3-4-11/h10-11,14H,3-7,9H2,1-2H3. The average molecular weight is 207 g/mol. The van der Waals surface area contributed by atoms with E-state index in [1.54, 1.807) is 0 Å². The average Bonchev–Trinajstić information content (AvgIpc) is 2.97. The zero-order chi connectivity index (χ0) is 10.9. The summed E-state index contributed by atoms with van der Waals surface area (Å²) in [7, 11) is 0. The van der Waals surface area contributed by atoms with Crippen LogP contribution in [0.4, 0.5) is 0 Å². The van der Waals surface area contributed by atoms with Crippen molar-refractivity contribution >= 4 is 0 Å². The number of nitriles is 1. The number of likely N-dealkylation sites (tertiary alicyclic amines) is 1. The third kappa shape index (κ3) is 2.50. The highest BCUT2D eigenvalue weighted by molar-refractivity contribution is 5.14. The van der Waals surface area contributed by atoms with Crippen molar-refractivity contribution in [3.8, 4) is 6.07 Å². The summed E-state index contributed by atoms with van der Waals surface area (Å²) in [6.45, 7) is 7.35. The fourth-order valence-electron chi connectivity index (χ4n) is 2.27. The van der Waals surface area contributed by atoms with Crippen LogP contribution >= 0.6 is 0 Å². The Balaban J connectivity index is 1.89. The molecule has 2 fully saturated rings. The summed E-state index contributed by atoms with van der Waals surface area (Å²) < 4.78 is 0. The normalized spacial score (nSPS) is 32.1. The largest absolute Gasteiger partial charge is 0.298 e. The van der Waals surface area contributed by atoms with Gasteiger partial charge in [-0.25, -0.2) is 0 Å². The summed E-state index contributed by atoms with van der Waals surface area (Å²) in [4.78, 5) is 2.48. The topological polar surface area (TPSA) is 39.1 Å². The van der Waals surface area contributed by atoms with Crippen LogP contribution in [0.25, 0.3) is 0 Å². The van der Waals surface area contributed by atoms with Crippen LogP contribution < -0.4 is 5.32 Å². The molecule has 1 atom stereocenters. The lowest BCUT2D eigenvalue weighted by atomic mass is 10.00. The molecule has 3 nitrogen and oxygen atoms in total. The molecule has 84 valence electrons. The Labute approximate surface area is 92.4 Å². The van der Waals surface area contributed by atoms with Crippen molar-refractivity contribution < 1.29 is 0 Å². The van der Waals surface area contributed by atoms with Crippen LogP contribution in [0.15, 0.2) is 0 Å². The van der Waals surface area contributed by atoms with Gasteiger partial charge in [-0.15, -0.1) is 0 Å². The molecule has 1 N–H and O–H groups in total. The van der Waals surface area contributed by atoms with Crippen molar-refractivity contribution in [3.05, 3.63) is 0 Å². The lowest BCUT2D eigenvalue weighted by Crippen LogP contribution is -2.47. The van der Waals surface area contributed by atoms with Crippen molar-refractivity contribution in [2.75, 3.05) is 19.6 Å². The molecule has 1 unspecified atom stereocenters. The van der Waals surface area contributed by atoms with E-state index in [0.717, 1.165) is 32.1 Å². The van der Waals surface area contributed by atoms with E-state index in [1.807, 2.05) is 0 Å². The number of rotatable bonds is 4. The van der Waals surface area contributed by atoms with Gasteiger partial charge in [0.05, 0.1) is 6.07 Å². The molecule has 2 rings (SSSR count). The Kier molecular flexibility index (Phi) is 2.99. The predicted octanol–water partition coefficient (Wildman–Crippen LogP) is 1.36. The monoisotopic (exact) mass is 207 g/mol. The zero-order valence-electron chi connectivity index (χ0n) is 9.79.